The van der Waals surface area contributed by atoms with E-state index in [0.29, 0.717) is 6.04 Å². The van der Waals surface area contributed by atoms with Crippen LogP contribution in [0.25, 0.3) is 0 Å². The Kier molecular flexibility index (Phi) is 3.98. The van der Waals surface area contributed by atoms with E-state index in [0.717, 1.165) is 26.1 Å². The molecule has 1 heterocycles. The van der Waals surface area contributed by atoms with Crippen LogP contribution in [0.4, 0.5) is 0 Å². The average molecular weight is 173 g/mol. The van der Waals surface area contributed by atoms with Crippen LogP contribution < -0.4 is 0 Å². The topological polar surface area (TPSA) is 21.7 Å². The molecule has 1 fully saturated rings. The Bertz CT molecular complexity index is 128. The van der Waals surface area contributed by atoms with Crippen molar-refractivity contribution >= 4 is 0 Å². The normalized spacial score (nSPS) is 27.5. The Labute approximate surface area is 74.6 Å². The Morgan fingerprint density at radius 1 is 1.42 bits per heavy atom. The first-order chi connectivity index (χ1) is 5.74. The molecule has 1 saturated heterocycles. The van der Waals surface area contributed by atoms with E-state index < -0.39 is 0 Å². The Balaban J connectivity index is 2.34. The number of ether oxygens (including phenoxy) is 2. The highest BCUT2D eigenvalue weighted by Crippen LogP contribution is 2.09. The summed E-state index contributed by atoms with van der Waals surface area (Å²) >= 11 is 0. The van der Waals surface area contributed by atoms with E-state index in [1.807, 2.05) is 0 Å². The van der Waals surface area contributed by atoms with Gasteiger partial charge in [-0.15, -0.1) is 0 Å². The first-order valence-electron chi connectivity index (χ1n) is 4.62. The monoisotopic (exact) mass is 173 g/mol. The minimum atomic E-state index is 0.00810. The van der Waals surface area contributed by atoms with Crippen molar-refractivity contribution in [3.8, 4) is 0 Å². The molecular formula is C9H19NO2. The predicted molar refractivity (Wildman–Crippen MR) is 48.1 cm³/mol. The summed E-state index contributed by atoms with van der Waals surface area (Å²) in [5, 5.41) is 0. The molecule has 12 heavy (non-hydrogen) atoms. The molecule has 0 aromatic carbocycles. The van der Waals surface area contributed by atoms with Gasteiger partial charge in [0.1, 0.15) is 0 Å². The third-order valence-corrected chi connectivity index (χ3v) is 2.33. The lowest BCUT2D eigenvalue weighted by atomic mass is 10.3. The van der Waals surface area contributed by atoms with Gasteiger partial charge in [0, 0.05) is 32.7 Å². The smallest absolute Gasteiger partial charge is 0.158 e. The summed E-state index contributed by atoms with van der Waals surface area (Å²) in [4.78, 5) is 2.42. The summed E-state index contributed by atoms with van der Waals surface area (Å²) in [6.07, 6.45) is 0.989. The van der Waals surface area contributed by atoms with Gasteiger partial charge in [-0.3, -0.25) is 4.90 Å². The number of nitrogens with zero attached hydrogens (tertiary/aromatic N) is 1. The highest BCUT2D eigenvalue weighted by atomic mass is 16.7. The molecule has 0 aliphatic carbocycles. The van der Waals surface area contributed by atoms with Crippen molar-refractivity contribution < 1.29 is 9.47 Å². The van der Waals surface area contributed by atoms with Crippen LogP contribution in [0.15, 0.2) is 0 Å². The number of methoxy groups -OCH3 is 1. The summed E-state index contributed by atoms with van der Waals surface area (Å²) in [6, 6.07) is 0.615. The molecule has 0 aromatic rings. The Morgan fingerprint density at radius 3 is 2.75 bits per heavy atom. The fraction of sp³-hybridized carbons (Fsp3) is 1.00. The van der Waals surface area contributed by atoms with E-state index in [4.69, 9.17) is 9.47 Å². The third kappa shape index (κ3) is 2.73. The molecule has 1 atom stereocenters. The van der Waals surface area contributed by atoms with Gasteiger partial charge >= 0.3 is 0 Å². The summed E-state index contributed by atoms with van der Waals surface area (Å²) in [7, 11) is 1.70. The quantitative estimate of drug-likeness (QED) is 0.624. The molecule has 0 spiro atoms. The molecule has 3 heteroatoms. The van der Waals surface area contributed by atoms with E-state index in [9.17, 15) is 0 Å². The molecule has 0 saturated carbocycles. The Morgan fingerprint density at radius 2 is 2.17 bits per heavy atom. The summed E-state index contributed by atoms with van der Waals surface area (Å²) in [5.74, 6) is 0. The van der Waals surface area contributed by atoms with Crippen molar-refractivity contribution in [2.24, 2.45) is 0 Å². The van der Waals surface area contributed by atoms with Crippen LogP contribution in [0.1, 0.15) is 20.3 Å². The number of hydrogen-bond donors (Lipinski definition) is 0. The van der Waals surface area contributed by atoms with Crippen molar-refractivity contribution in [1.29, 1.82) is 0 Å². The minimum absolute atomic E-state index is 0.00810. The van der Waals surface area contributed by atoms with Gasteiger partial charge in [0.2, 0.25) is 0 Å². The van der Waals surface area contributed by atoms with Crippen LogP contribution in [0.2, 0.25) is 0 Å². The van der Waals surface area contributed by atoms with Crippen molar-refractivity contribution in [3.05, 3.63) is 0 Å². The summed E-state index contributed by atoms with van der Waals surface area (Å²) in [5.41, 5.74) is 0. The van der Waals surface area contributed by atoms with E-state index in [1.54, 1.807) is 7.11 Å². The second-order valence-corrected chi connectivity index (χ2v) is 3.45. The van der Waals surface area contributed by atoms with Crippen molar-refractivity contribution in [3.63, 3.8) is 0 Å². The first-order valence-corrected chi connectivity index (χ1v) is 4.62. The minimum Gasteiger partial charge on any atom is -0.356 e. The number of hydrogen-bond acceptors (Lipinski definition) is 3. The van der Waals surface area contributed by atoms with Crippen molar-refractivity contribution in [2.75, 3.05) is 26.8 Å². The van der Waals surface area contributed by atoms with Crippen LogP contribution in [-0.4, -0.2) is 44.0 Å². The maximum absolute atomic E-state index is 5.47. The van der Waals surface area contributed by atoms with E-state index in [2.05, 4.69) is 18.7 Å². The van der Waals surface area contributed by atoms with Gasteiger partial charge in [-0.2, -0.15) is 0 Å². The molecule has 1 unspecified atom stereocenters. The van der Waals surface area contributed by atoms with Gasteiger partial charge in [0.15, 0.2) is 6.29 Å². The van der Waals surface area contributed by atoms with Gasteiger partial charge in [-0.1, -0.05) is 0 Å². The molecule has 3 nitrogen and oxygen atoms in total. The second-order valence-electron chi connectivity index (χ2n) is 3.45. The highest BCUT2D eigenvalue weighted by molar-refractivity contribution is 4.66. The van der Waals surface area contributed by atoms with Gasteiger partial charge in [-0.25, -0.2) is 0 Å². The highest BCUT2D eigenvalue weighted by Gasteiger charge is 2.17. The lowest BCUT2D eigenvalue weighted by molar-refractivity contribution is -0.117. The fourth-order valence-electron chi connectivity index (χ4n) is 1.47. The lowest BCUT2D eigenvalue weighted by Crippen LogP contribution is -2.33. The second kappa shape index (κ2) is 4.80. The Hall–Kier alpha value is -0.120. The van der Waals surface area contributed by atoms with Gasteiger partial charge in [-0.05, 0) is 13.8 Å². The zero-order valence-electron chi connectivity index (χ0n) is 8.25. The van der Waals surface area contributed by atoms with Crippen LogP contribution >= 0.6 is 0 Å². The molecule has 1 aliphatic rings. The molecule has 0 aromatic heterocycles. The van der Waals surface area contributed by atoms with Crippen LogP contribution in [0, 0.1) is 0 Å². The number of rotatable bonds is 2. The maximum Gasteiger partial charge on any atom is 0.158 e. The summed E-state index contributed by atoms with van der Waals surface area (Å²) < 4.78 is 10.6. The van der Waals surface area contributed by atoms with Crippen LogP contribution in [0.3, 0.4) is 0 Å². The molecule has 0 bridgehead atoms. The molecular weight excluding hydrogens is 154 g/mol. The largest absolute Gasteiger partial charge is 0.356 e. The molecule has 0 radical (unpaired) electrons. The summed E-state index contributed by atoms with van der Waals surface area (Å²) in [6.45, 7) is 7.32. The molecule has 1 rings (SSSR count). The predicted octanol–water partition coefficient (Wildman–Crippen LogP) is 1.09. The van der Waals surface area contributed by atoms with Gasteiger partial charge in [0.25, 0.3) is 0 Å². The lowest BCUT2D eigenvalue weighted by Gasteiger charge is -2.23. The SMILES string of the molecule is COC1CCN(C(C)C)CCO1. The standard InChI is InChI=1S/C9H19NO2/c1-8(2)10-5-4-9(11-3)12-7-6-10/h8-9H,4-7H2,1-3H3. The first kappa shape index (κ1) is 9.96. The molecule has 72 valence electrons. The zero-order chi connectivity index (χ0) is 8.97. The van der Waals surface area contributed by atoms with Crippen LogP contribution in [-0.2, 0) is 9.47 Å². The van der Waals surface area contributed by atoms with E-state index in [-0.39, 0.29) is 6.29 Å². The third-order valence-electron chi connectivity index (χ3n) is 2.33. The van der Waals surface area contributed by atoms with Gasteiger partial charge < -0.3 is 9.47 Å². The van der Waals surface area contributed by atoms with Crippen LogP contribution in [0.5, 0.6) is 0 Å². The molecule has 1 aliphatic heterocycles. The van der Waals surface area contributed by atoms with E-state index >= 15 is 0 Å². The van der Waals surface area contributed by atoms with E-state index in [1.165, 1.54) is 0 Å². The zero-order valence-corrected chi connectivity index (χ0v) is 8.25. The fourth-order valence-corrected chi connectivity index (χ4v) is 1.47. The van der Waals surface area contributed by atoms with Crippen molar-refractivity contribution in [2.45, 2.75) is 32.6 Å². The molecule has 0 amide bonds. The maximum atomic E-state index is 5.47. The molecule has 0 N–H and O–H groups in total. The average Bonchev–Trinajstić information content (AvgIpc) is 2.28. The van der Waals surface area contributed by atoms with Gasteiger partial charge in [0.05, 0.1) is 6.61 Å². The van der Waals surface area contributed by atoms with Crippen molar-refractivity contribution in [1.82, 2.24) is 4.90 Å².